The standard InChI is InChI=1S/C24H21FN4O2/c1-14-3-4-15(21(25)5-14)12-29-13-18-7-20-17(6-16(18)8-22(29)30)9-26-23(20)19-10-27-24(31-2)28-11-19/h3-7,10-11H,8-9,12-13H2,1-2H3. The van der Waals surface area contributed by atoms with Gasteiger partial charge in [0, 0.05) is 42.2 Å². The Kier molecular flexibility index (Phi) is 4.73. The molecule has 0 spiro atoms. The molecule has 6 nitrogen and oxygen atoms in total. The number of aliphatic imine (C=N–C) groups is 1. The number of carbonyl (C=O) groups excluding carboxylic acids is 1. The van der Waals surface area contributed by atoms with Gasteiger partial charge >= 0.3 is 6.01 Å². The van der Waals surface area contributed by atoms with Crippen LogP contribution in [0, 0.1) is 12.7 Å². The number of fused-ring (bicyclic) bond motifs is 2. The number of aryl methyl sites for hydroxylation is 1. The van der Waals surface area contributed by atoms with Crippen molar-refractivity contribution < 1.29 is 13.9 Å². The van der Waals surface area contributed by atoms with E-state index in [9.17, 15) is 9.18 Å². The molecule has 156 valence electrons. The maximum Gasteiger partial charge on any atom is 0.316 e. The highest BCUT2D eigenvalue weighted by Crippen LogP contribution is 2.30. The van der Waals surface area contributed by atoms with E-state index in [0.717, 1.165) is 39.1 Å². The van der Waals surface area contributed by atoms with Gasteiger partial charge in [0.05, 0.1) is 25.8 Å². The van der Waals surface area contributed by atoms with Gasteiger partial charge in [0.1, 0.15) is 5.82 Å². The van der Waals surface area contributed by atoms with Crippen molar-refractivity contribution in [1.29, 1.82) is 0 Å². The van der Waals surface area contributed by atoms with Crippen LogP contribution in [0.5, 0.6) is 6.01 Å². The van der Waals surface area contributed by atoms with Crippen LogP contribution in [0.2, 0.25) is 0 Å². The highest BCUT2D eigenvalue weighted by Gasteiger charge is 2.27. The SMILES string of the molecule is COc1ncc(C2=NCc3cc4c(cc32)CN(Cc2ccc(C)cc2F)C(=O)C4)cn1. The number of carbonyl (C=O) groups is 1. The van der Waals surface area contributed by atoms with Gasteiger partial charge in [0.2, 0.25) is 5.91 Å². The van der Waals surface area contributed by atoms with Gasteiger partial charge in [-0.15, -0.1) is 0 Å². The summed E-state index contributed by atoms with van der Waals surface area (Å²) >= 11 is 0. The summed E-state index contributed by atoms with van der Waals surface area (Å²) in [4.78, 5) is 27.5. The Labute approximate surface area is 179 Å². The molecule has 0 aliphatic carbocycles. The van der Waals surface area contributed by atoms with Crippen molar-refractivity contribution in [3.05, 3.63) is 87.5 Å². The Balaban J connectivity index is 1.43. The van der Waals surface area contributed by atoms with Crippen molar-refractivity contribution in [2.24, 2.45) is 4.99 Å². The van der Waals surface area contributed by atoms with Gasteiger partial charge in [-0.05, 0) is 41.3 Å². The molecule has 0 fully saturated rings. The lowest BCUT2D eigenvalue weighted by atomic mass is 9.91. The molecule has 5 rings (SSSR count). The highest BCUT2D eigenvalue weighted by molar-refractivity contribution is 6.15. The molecule has 2 aliphatic heterocycles. The second-order valence-electron chi connectivity index (χ2n) is 7.92. The van der Waals surface area contributed by atoms with Crippen LogP contribution >= 0.6 is 0 Å². The lowest BCUT2D eigenvalue weighted by Crippen LogP contribution is -2.36. The number of ether oxygens (including phenoxy) is 1. The Bertz CT molecular complexity index is 1220. The third-order valence-electron chi connectivity index (χ3n) is 5.80. The van der Waals surface area contributed by atoms with Gasteiger partial charge in [-0.25, -0.2) is 14.4 Å². The first-order valence-corrected chi connectivity index (χ1v) is 10.1. The number of hydrogen-bond donors (Lipinski definition) is 0. The molecule has 0 N–H and O–H groups in total. The van der Waals surface area contributed by atoms with Crippen LogP contribution in [0.3, 0.4) is 0 Å². The molecule has 0 radical (unpaired) electrons. The zero-order valence-electron chi connectivity index (χ0n) is 17.4. The smallest absolute Gasteiger partial charge is 0.316 e. The molecule has 3 aromatic rings. The minimum absolute atomic E-state index is 0.00937. The quantitative estimate of drug-likeness (QED) is 0.654. The number of halogens is 1. The van der Waals surface area contributed by atoms with E-state index < -0.39 is 0 Å². The maximum absolute atomic E-state index is 14.3. The van der Waals surface area contributed by atoms with E-state index in [1.807, 2.05) is 13.0 Å². The van der Waals surface area contributed by atoms with E-state index in [-0.39, 0.29) is 18.3 Å². The molecule has 7 heteroatoms. The fourth-order valence-electron chi connectivity index (χ4n) is 4.14. The van der Waals surface area contributed by atoms with Crippen molar-refractivity contribution in [1.82, 2.24) is 14.9 Å². The second-order valence-corrected chi connectivity index (χ2v) is 7.92. The zero-order chi connectivity index (χ0) is 21.5. The average Bonchev–Trinajstić information content (AvgIpc) is 3.17. The van der Waals surface area contributed by atoms with Crippen LogP contribution < -0.4 is 4.74 Å². The number of methoxy groups -OCH3 is 1. The largest absolute Gasteiger partial charge is 0.467 e. The van der Waals surface area contributed by atoms with E-state index in [0.29, 0.717) is 31.1 Å². The first-order chi connectivity index (χ1) is 15.0. The van der Waals surface area contributed by atoms with E-state index in [1.165, 1.54) is 13.2 Å². The third kappa shape index (κ3) is 3.56. The summed E-state index contributed by atoms with van der Waals surface area (Å²) in [7, 11) is 1.53. The number of hydrogen-bond acceptors (Lipinski definition) is 5. The molecule has 31 heavy (non-hydrogen) atoms. The molecule has 3 heterocycles. The Morgan fingerprint density at radius 2 is 1.90 bits per heavy atom. The molecular weight excluding hydrogens is 395 g/mol. The van der Waals surface area contributed by atoms with E-state index in [2.05, 4.69) is 27.1 Å². The number of amides is 1. The summed E-state index contributed by atoms with van der Waals surface area (Å²) in [6.07, 6.45) is 3.72. The summed E-state index contributed by atoms with van der Waals surface area (Å²) in [5, 5.41) is 0. The zero-order valence-corrected chi connectivity index (χ0v) is 17.4. The lowest BCUT2D eigenvalue weighted by Gasteiger charge is -2.29. The monoisotopic (exact) mass is 416 g/mol. The predicted molar refractivity (Wildman–Crippen MR) is 113 cm³/mol. The fourth-order valence-corrected chi connectivity index (χ4v) is 4.14. The van der Waals surface area contributed by atoms with Crippen LogP contribution in [0.25, 0.3) is 0 Å². The number of aromatic nitrogens is 2. The van der Waals surface area contributed by atoms with Gasteiger partial charge in [0.25, 0.3) is 0 Å². The Morgan fingerprint density at radius 3 is 2.65 bits per heavy atom. The summed E-state index contributed by atoms with van der Waals surface area (Å²) in [6.45, 7) is 3.12. The molecule has 1 aromatic heterocycles. The van der Waals surface area contributed by atoms with Crippen LogP contribution in [0.1, 0.15) is 38.9 Å². The number of rotatable bonds is 4. The second kappa shape index (κ2) is 7.58. The summed E-state index contributed by atoms with van der Waals surface area (Å²) < 4.78 is 19.4. The number of benzene rings is 2. The summed E-state index contributed by atoms with van der Waals surface area (Å²) in [5.41, 5.74) is 7.27. The van der Waals surface area contributed by atoms with Gasteiger partial charge < -0.3 is 9.64 Å². The normalized spacial score (nSPS) is 14.9. The molecular formula is C24H21FN4O2. The molecule has 0 bridgehead atoms. The minimum atomic E-state index is -0.276. The van der Waals surface area contributed by atoms with Crippen molar-refractivity contribution in [2.45, 2.75) is 33.0 Å². The van der Waals surface area contributed by atoms with Gasteiger partial charge in [-0.3, -0.25) is 9.79 Å². The molecule has 0 saturated carbocycles. The van der Waals surface area contributed by atoms with Gasteiger partial charge in [0.15, 0.2) is 0 Å². The van der Waals surface area contributed by atoms with Crippen LogP contribution in [0.4, 0.5) is 4.39 Å². The van der Waals surface area contributed by atoms with Gasteiger partial charge in [-0.1, -0.05) is 18.2 Å². The van der Waals surface area contributed by atoms with E-state index in [4.69, 9.17) is 4.74 Å². The van der Waals surface area contributed by atoms with E-state index >= 15 is 0 Å². The van der Waals surface area contributed by atoms with Crippen molar-refractivity contribution >= 4 is 11.6 Å². The Hall–Kier alpha value is -3.61. The summed E-state index contributed by atoms with van der Waals surface area (Å²) in [6, 6.07) is 9.62. The topological polar surface area (TPSA) is 67.7 Å². The number of nitrogens with zero attached hydrogens (tertiary/aromatic N) is 4. The van der Waals surface area contributed by atoms with Crippen LogP contribution in [-0.2, 0) is 30.8 Å². The predicted octanol–water partition coefficient (Wildman–Crippen LogP) is 3.37. The summed E-state index contributed by atoms with van der Waals surface area (Å²) in [5.74, 6) is -0.267. The maximum atomic E-state index is 14.3. The molecule has 0 unspecified atom stereocenters. The lowest BCUT2D eigenvalue weighted by molar-refractivity contribution is -0.132. The highest BCUT2D eigenvalue weighted by atomic mass is 19.1. The van der Waals surface area contributed by atoms with Crippen molar-refractivity contribution in [2.75, 3.05) is 7.11 Å². The Morgan fingerprint density at radius 1 is 1.10 bits per heavy atom. The fraction of sp³-hybridized carbons (Fsp3) is 0.250. The first-order valence-electron chi connectivity index (χ1n) is 10.1. The van der Waals surface area contributed by atoms with Crippen LogP contribution in [0.15, 0.2) is 47.7 Å². The van der Waals surface area contributed by atoms with Gasteiger partial charge in [-0.2, -0.15) is 0 Å². The molecule has 2 aromatic carbocycles. The first kappa shape index (κ1) is 19.4. The molecule has 0 saturated heterocycles. The van der Waals surface area contributed by atoms with E-state index in [1.54, 1.807) is 23.4 Å². The molecule has 2 aliphatic rings. The minimum Gasteiger partial charge on any atom is -0.467 e. The third-order valence-corrected chi connectivity index (χ3v) is 5.80. The van der Waals surface area contributed by atoms with Crippen molar-refractivity contribution in [3.63, 3.8) is 0 Å². The molecule has 0 atom stereocenters. The van der Waals surface area contributed by atoms with Crippen molar-refractivity contribution in [3.8, 4) is 6.01 Å². The molecule has 1 amide bonds. The van der Waals surface area contributed by atoms with Crippen LogP contribution in [-0.4, -0.2) is 33.6 Å². The average molecular weight is 416 g/mol.